The van der Waals surface area contributed by atoms with Gasteiger partial charge in [-0.1, -0.05) is 36.4 Å². The van der Waals surface area contributed by atoms with Crippen LogP contribution in [-0.4, -0.2) is 40.9 Å². The van der Waals surface area contributed by atoms with Crippen LogP contribution in [0, 0.1) is 0 Å². The Labute approximate surface area is 148 Å². The van der Waals surface area contributed by atoms with E-state index in [-0.39, 0.29) is 11.4 Å². The van der Waals surface area contributed by atoms with Crippen molar-refractivity contribution in [2.24, 2.45) is 0 Å². The Morgan fingerprint density at radius 3 is 1.96 bits per heavy atom. The van der Waals surface area contributed by atoms with E-state index in [2.05, 4.69) is 20.4 Å². The number of para-hydroxylation sites is 2. The normalized spacial score (nSPS) is 12.0. The first-order valence-electron chi connectivity index (χ1n) is 7.90. The van der Waals surface area contributed by atoms with Gasteiger partial charge in [0, 0.05) is 0 Å². The summed E-state index contributed by atoms with van der Waals surface area (Å²) in [5, 5.41) is 26.8. The van der Waals surface area contributed by atoms with Gasteiger partial charge in [0.2, 0.25) is 5.78 Å². The minimum absolute atomic E-state index is 0.0515. The SMILES string of the molecule is O=C(c1cnn(-c2ccccc2)n1)[C@@H](O)c1cnn(-c2ccccc2)n1. The maximum absolute atomic E-state index is 12.5. The zero-order chi connectivity index (χ0) is 17.9. The van der Waals surface area contributed by atoms with Crippen LogP contribution in [-0.2, 0) is 0 Å². The topological polar surface area (TPSA) is 98.7 Å². The number of hydrogen-bond acceptors (Lipinski definition) is 6. The molecule has 26 heavy (non-hydrogen) atoms. The Morgan fingerprint density at radius 1 is 0.808 bits per heavy atom. The molecule has 4 aromatic rings. The third-order valence-electron chi connectivity index (χ3n) is 3.76. The number of carbonyl (C=O) groups excluding carboxylic acids is 1. The summed E-state index contributed by atoms with van der Waals surface area (Å²) in [4.78, 5) is 15.2. The molecule has 8 heteroatoms. The number of benzene rings is 2. The van der Waals surface area contributed by atoms with Crippen molar-refractivity contribution in [3.05, 3.63) is 84.4 Å². The molecule has 2 heterocycles. The van der Waals surface area contributed by atoms with Crippen LogP contribution in [0.15, 0.2) is 73.1 Å². The summed E-state index contributed by atoms with van der Waals surface area (Å²) >= 11 is 0. The zero-order valence-corrected chi connectivity index (χ0v) is 13.5. The Kier molecular flexibility index (Phi) is 4.08. The van der Waals surface area contributed by atoms with Crippen molar-refractivity contribution in [1.29, 1.82) is 0 Å². The van der Waals surface area contributed by atoms with Crippen LogP contribution in [0.2, 0.25) is 0 Å². The summed E-state index contributed by atoms with van der Waals surface area (Å²) in [6.07, 6.45) is 1.21. The lowest BCUT2D eigenvalue weighted by Gasteiger charge is -2.03. The molecule has 0 aliphatic carbocycles. The van der Waals surface area contributed by atoms with E-state index in [1.165, 1.54) is 22.0 Å². The molecule has 0 saturated heterocycles. The molecule has 1 atom stereocenters. The second kappa shape index (κ2) is 6.69. The van der Waals surface area contributed by atoms with Crippen LogP contribution >= 0.6 is 0 Å². The summed E-state index contributed by atoms with van der Waals surface area (Å²) < 4.78 is 0. The van der Waals surface area contributed by atoms with Gasteiger partial charge >= 0.3 is 0 Å². The molecule has 0 radical (unpaired) electrons. The second-order valence-corrected chi connectivity index (χ2v) is 5.52. The van der Waals surface area contributed by atoms with Gasteiger partial charge in [-0.05, 0) is 24.3 Å². The van der Waals surface area contributed by atoms with E-state index < -0.39 is 11.9 Å². The molecule has 2 aromatic carbocycles. The summed E-state index contributed by atoms with van der Waals surface area (Å²) in [6.45, 7) is 0. The van der Waals surface area contributed by atoms with Gasteiger partial charge in [0.05, 0.1) is 23.8 Å². The Balaban J connectivity index is 1.55. The van der Waals surface area contributed by atoms with Crippen molar-refractivity contribution < 1.29 is 9.90 Å². The maximum atomic E-state index is 12.5. The summed E-state index contributed by atoms with van der Waals surface area (Å²) in [5.41, 5.74) is 1.65. The van der Waals surface area contributed by atoms with Crippen molar-refractivity contribution in [2.45, 2.75) is 6.10 Å². The molecule has 0 amide bonds. The van der Waals surface area contributed by atoms with Crippen LogP contribution in [0.1, 0.15) is 22.3 Å². The van der Waals surface area contributed by atoms with Crippen LogP contribution in [0.5, 0.6) is 0 Å². The largest absolute Gasteiger partial charge is 0.378 e. The quantitative estimate of drug-likeness (QED) is 0.553. The van der Waals surface area contributed by atoms with Gasteiger partial charge in [-0.15, -0.1) is 5.10 Å². The minimum atomic E-state index is -1.46. The molecule has 0 aliphatic rings. The fourth-order valence-corrected chi connectivity index (χ4v) is 2.42. The molecule has 0 spiro atoms. The van der Waals surface area contributed by atoms with Crippen LogP contribution in [0.3, 0.4) is 0 Å². The molecule has 1 N–H and O–H groups in total. The molecule has 0 bridgehead atoms. The molecule has 8 nitrogen and oxygen atoms in total. The van der Waals surface area contributed by atoms with Crippen LogP contribution in [0.25, 0.3) is 11.4 Å². The molecule has 4 rings (SSSR count). The number of aliphatic hydroxyl groups excluding tert-OH is 1. The number of ketones is 1. The van der Waals surface area contributed by atoms with E-state index in [0.717, 1.165) is 11.4 Å². The number of hydrogen-bond donors (Lipinski definition) is 1. The van der Waals surface area contributed by atoms with E-state index >= 15 is 0 Å². The Morgan fingerprint density at radius 2 is 1.35 bits per heavy atom. The van der Waals surface area contributed by atoms with Crippen LogP contribution in [0.4, 0.5) is 0 Å². The lowest BCUT2D eigenvalue weighted by molar-refractivity contribution is 0.0733. The molecular weight excluding hydrogens is 332 g/mol. The average molecular weight is 346 g/mol. The van der Waals surface area contributed by atoms with Crippen molar-refractivity contribution in [1.82, 2.24) is 30.0 Å². The first kappa shape index (κ1) is 15.9. The predicted octanol–water partition coefficient (Wildman–Crippen LogP) is 1.76. The van der Waals surface area contributed by atoms with Gasteiger partial charge in [0.15, 0.2) is 11.8 Å². The maximum Gasteiger partial charge on any atom is 0.219 e. The van der Waals surface area contributed by atoms with Crippen molar-refractivity contribution in [3.8, 4) is 11.4 Å². The van der Waals surface area contributed by atoms with Crippen molar-refractivity contribution in [3.63, 3.8) is 0 Å². The van der Waals surface area contributed by atoms with Gasteiger partial charge in [0.25, 0.3) is 0 Å². The minimum Gasteiger partial charge on any atom is -0.378 e. The number of Topliss-reactive ketones (excluding diaryl/α,β-unsaturated/α-hetero) is 1. The molecule has 0 unspecified atom stereocenters. The van der Waals surface area contributed by atoms with E-state index in [9.17, 15) is 9.90 Å². The third-order valence-corrected chi connectivity index (χ3v) is 3.76. The fraction of sp³-hybridized carbons (Fsp3) is 0.0556. The van der Waals surface area contributed by atoms with Gasteiger partial charge in [-0.3, -0.25) is 4.79 Å². The van der Waals surface area contributed by atoms with E-state index in [4.69, 9.17) is 0 Å². The van der Waals surface area contributed by atoms with E-state index in [1.54, 1.807) is 0 Å². The second-order valence-electron chi connectivity index (χ2n) is 5.52. The lowest BCUT2D eigenvalue weighted by Crippen LogP contribution is -2.14. The fourth-order valence-electron chi connectivity index (χ4n) is 2.42. The highest BCUT2D eigenvalue weighted by atomic mass is 16.3. The standard InChI is InChI=1S/C18H14N6O2/c25-17(15-11-19-23(21-15)13-7-3-1-4-8-13)18(26)16-12-20-24(22-16)14-9-5-2-6-10-14/h1-12,17,25H/t17-/m0/s1. The first-order chi connectivity index (χ1) is 12.7. The average Bonchev–Trinajstić information content (AvgIpc) is 3.38. The first-order valence-corrected chi connectivity index (χ1v) is 7.90. The molecule has 128 valence electrons. The molecule has 0 fully saturated rings. The highest BCUT2D eigenvalue weighted by Crippen LogP contribution is 2.16. The van der Waals surface area contributed by atoms with E-state index in [1.807, 2.05) is 60.7 Å². The lowest BCUT2D eigenvalue weighted by atomic mass is 10.1. The summed E-state index contributed by atoms with van der Waals surface area (Å²) in [5.74, 6) is -0.590. The van der Waals surface area contributed by atoms with Gasteiger partial charge in [-0.25, -0.2) is 0 Å². The highest BCUT2D eigenvalue weighted by Gasteiger charge is 2.25. The van der Waals surface area contributed by atoms with Gasteiger partial charge in [0.1, 0.15) is 5.69 Å². The molecule has 0 saturated carbocycles. The molecule has 0 aliphatic heterocycles. The van der Waals surface area contributed by atoms with E-state index in [0.29, 0.717) is 0 Å². The predicted molar refractivity (Wildman–Crippen MR) is 92.0 cm³/mol. The zero-order valence-electron chi connectivity index (χ0n) is 13.5. The van der Waals surface area contributed by atoms with Crippen LogP contribution < -0.4 is 0 Å². The highest BCUT2D eigenvalue weighted by molar-refractivity contribution is 5.97. The van der Waals surface area contributed by atoms with Gasteiger partial charge < -0.3 is 5.11 Å². The monoisotopic (exact) mass is 346 g/mol. The Bertz CT molecular complexity index is 1030. The number of nitrogens with zero attached hydrogens (tertiary/aromatic N) is 6. The Hall–Kier alpha value is -3.65. The molecular formula is C18H14N6O2. The number of aromatic nitrogens is 6. The smallest absolute Gasteiger partial charge is 0.219 e. The summed E-state index contributed by atoms with van der Waals surface area (Å²) in [7, 11) is 0. The summed E-state index contributed by atoms with van der Waals surface area (Å²) in [6, 6.07) is 18.4. The molecule has 2 aromatic heterocycles. The number of carbonyl (C=O) groups is 1. The third kappa shape index (κ3) is 3.01. The van der Waals surface area contributed by atoms with Gasteiger partial charge in [-0.2, -0.15) is 24.9 Å². The number of rotatable bonds is 5. The van der Waals surface area contributed by atoms with Crippen molar-refractivity contribution in [2.75, 3.05) is 0 Å². The van der Waals surface area contributed by atoms with Crippen molar-refractivity contribution >= 4 is 5.78 Å². The number of aliphatic hydroxyl groups is 1.